The summed E-state index contributed by atoms with van der Waals surface area (Å²) in [7, 11) is 1.68. The number of hydrogen-bond donors (Lipinski definition) is 0. The minimum atomic E-state index is -0.0702. The average Bonchev–Trinajstić information content (AvgIpc) is 2.92. The second-order valence-electron chi connectivity index (χ2n) is 8.38. The molecule has 0 aliphatic carbocycles. The van der Waals surface area contributed by atoms with Gasteiger partial charge >= 0.3 is 0 Å². The number of benzene rings is 1. The fraction of sp³-hybridized carbons (Fsp3) is 0.600. The van der Waals surface area contributed by atoms with E-state index in [1.807, 2.05) is 11.0 Å². The molecule has 136 valence electrons. The Bertz CT molecular complexity index is 642. The van der Waals surface area contributed by atoms with Gasteiger partial charge in [-0.25, -0.2) is 0 Å². The molecule has 2 atom stereocenters. The molecule has 2 aliphatic heterocycles. The van der Waals surface area contributed by atoms with Crippen molar-refractivity contribution in [2.45, 2.75) is 27.3 Å². The van der Waals surface area contributed by atoms with Crippen molar-refractivity contribution in [2.24, 2.45) is 10.8 Å². The van der Waals surface area contributed by atoms with E-state index in [9.17, 15) is 9.59 Å². The SMILES string of the molecule is CC(=O)N(C)CC(=O)N1CC2(C)CN(Cc3ccccc3)CC2(C)C1. The molecule has 1 aromatic carbocycles. The number of amides is 2. The van der Waals surface area contributed by atoms with E-state index < -0.39 is 0 Å². The molecular formula is C20H29N3O2. The Labute approximate surface area is 150 Å². The normalized spacial score (nSPS) is 28.9. The minimum Gasteiger partial charge on any atom is -0.340 e. The van der Waals surface area contributed by atoms with Crippen LogP contribution in [0, 0.1) is 10.8 Å². The number of hydrogen-bond acceptors (Lipinski definition) is 3. The maximum Gasteiger partial charge on any atom is 0.242 e. The van der Waals surface area contributed by atoms with Crippen molar-refractivity contribution in [3.63, 3.8) is 0 Å². The summed E-state index contributed by atoms with van der Waals surface area (Å²) >= 11 is 0. The lowest BCUT2D eigenvalue weighted by Crippen LogP contribution is -2.41. The zero-order valence-corrected chi connectivity index (χ0v) is 15.8. The zero-order valence-electron chi connectivity index (χ0n) is 15.8. The molecule has 0 spiro atoms. The summed E-state index contributed by atoms with van der Waals surface area (Å²) in [5.41, 5.74) is 1.55. The first-order chi connectivity index (χ1) is 11.7. The molecule has 3 rings (SSSR count). The second kappa shape index (κ2) is 6.45. The predicted molar refractivity (Wildman–Crippen MR) is 97.8 cm³/mol. The van der Waals surface area contributed by atoms with Gasteiger partial charge in [-0.15, -0.1) is 0 Å². The van der Waals surface area contributed by atoms with E-state index in [1.165, 1.54) is 17.4 Å². The van der Waals surface area contributed by atoms with Crippen LogP contribution in [0.5, 0.6) is 0 Å². The van der Waals surface area contributed by atoms with Crippen molar-refractivity contribution in [2.75, 3.05) is 39.8 Å². The maximum absolute atomic E-state index is 12.6. The third-order valence-corrected chi connectivity index (χ3v) is 6.19. The fourth-order valence-electron chi connectivity index (χ4n) is 4.35. The van der Waals surface area contributed by atoms with E-state index in [1.54, 1.807) is 7.05 Å². The summed E-state index contributed by atoms with van der Waals surface area (Å²) in [5.74, 6) is -0.0108. The molecule has 0 radical (unpaired) electrons. The summed E-state index contributed by atoms with van der Waals surface area (Å²) in [6.07, 6.45) is 0. The average molecular weight is 343 g/mol. The summed E-state index contributed by atoms with van der Waals surface area (Å²) in [6.45, 7) is 10.8. The predicted octanol–water partition coefficient (Wildman–Crippen LogP) is 1.84. The molecule has 1 aromatic rings. The van der Waals surface area contributed by atoms with E-state index in [-0.39, 0.29) is 29.2 Å². The van der Waals surface area contributed by atoms with Gasteiger partial charge < -0.3 is 9.80 Å². The van der Waals surface area contributed by atoms with Gasteiger partial charge in [-0.1, -0.05) is 44.2 Å². The molecule has 0 saturated carbocycles. The third kappa shape index (κ3) is 3.43. The van der Waals surface area contributed by atoms with Crippen molar-refractivity contribution >= 4 is 11.8 Å². The van der Waals surface area contributed by atoms with Crippen molar-refractivity contribution in [1.82, 2.24) is 14.7 Å². The first-order valence-corrected chi connectivity index (χ1v) is 8.98. The highest BCUT2D eigenvalue weighted by molar-refractivity contribution is 5.84. The number of fused-ring (bicyclic) bond motifs is 1. The minimum absolute atomic E-state index is 0.0594. The van der Waals surface area contributed by atoms with Crippen LogP contribution in [-0.2, 0) is 16.1 Å². The van der Waals surface area contributed by atoms with Crippen LogP contribution in [0.4, 0.5) is 0 Å². The summed E-state index contributed by atoms with van der Waals surface area (Å²) < 4.78 is 0. The fourth-order valence-corrected chi connectivity index (χ4v) is 4.35. The number of likely N-dealkylation sites (tertiary alicyclic amines) is 2. The van der Waals surface area contributed by atoms with E-state index in [0.717, 1.165) is 32.7 Å². The molecule has 2 heterocycles. The van der Waals surface area contributed by atoms with Crippen LogP contribution < -0.4 is 0 Å². The van der Waals surface area contributed by atoms with Crippen molar-refractivity contribution in [3.8, 4) is 0 Å². The quantitative estimate of drug-likeness (QED) is 0.838. The molecule has 5 nitrogen and oxygen atoms in total. The van der Waals surface area contributed by atoms with Crippen LogP contribution in [0.15, 0.2) is 30.3 Å². The number of carbonyl (C=O) groups excluding carboxylic acids is 2. The van der Waals surface area contributed by atoms with Crippen LogP contribution in [0.3, 0.4) is 0 Å². The summed E-state index contributed by atoms with van der Waals surface area (Å²) in [5, 5.41) is 0. The van der Waals surface area contributed by atoms with Gasteiger partial charge in [-0.3, -0.25) is 14.5 Å². The van der Waals surface area contributed by atoms with Gasteiger partial charge in [0.15, 0.2) is 0 Å². The van der Waals surface area contributed by atoms with Crippen LogP contribution in [0.25, 0.3) is 0 Å². The van der Waals surface area contributed by atoms with Gasteiger partial charge in [-0.05, 0) is 5.56 Å². The molecule has 0 N–H and O–H groups in total. The third-order valence-electron chi connectivity index (χ3n) is 6.19. The van der Waals surface area contributed by atoms with Crippen molar-refractivity contribution < 1.29 is 9.59 Å². The molecule has 5 heteroatoms. The van der Waals surface area contributed by atoms with E-state index in [4.69, 9.17) is 0 Å². The Kier molecular flexibility index (Phi) is 4.62. The number of rotatable bonds is 4. The summed E-state index contributed by atoms with van der Waals surface area (Å²) in [4.78, 5) is 29.9. The molecule has 0 aromatic heterocycles. The topological polar surface area (TPSA) is 43.9 Å². The van der Waals surface area contributed by atoms with Gasteiger partial charge in [0.05, 0.1) is 6.54 Å². The molecule has 2 saturated heterocycles. The zero-order chi connectivity index (χ0) is 18.2. The number of nitrogens with zero attached hydrogens (tertiary/aromatic N) is 3. The van der Waals surface area contributed by atoms with Crippen molar-refractivity contribution in [3.05, 3.63) is 35.9 Å². The van der Waals surface area contributed by atoms with Gasteiger partial charge in [0.2, 0.25) is 11.8 Å². The Hall–Kier alpha value is -1.88. The highest BCUT2D eigenvalue weighted by Crippen LogP contribution is 2.51. The maximum atomic E-state index is 12.6. The largest absolute Gasteiger partial charge is 0.340 e. The van der Waals surface area contributed by atoms with Crippen LogP contribution in [0.1, 0.15) is 26.3 Å². The molecular weight excluding hydrogens is 314 g/mol. The summed E-state index contributed by atoms with van der Waals surface area (Å²) in [6, 6.07) is 10.6. The van der Waals surface area contributed by atoms with Crippen LogP contribution >= 0.6 is 0 Å². The molecule has 2 amide bonds. The molecule has 25 heavy (non-hydrogen) atoms. The first-order valence-electron chi connectivity index (χ1n) is 8.98. The Morgan fingerprint density at radius 2 is 1.60 bits per heavy atom. The van der Waals surface area contributed by atoms with Gasteiger partial charge in [0.1, 0.15) is 0 Å². The molecule has 2 aliphatic rings. The first kappa shape index (κ1) is 17.9. The smallest absolute Gasteiger partial charge is 0.242 e. The van der Waals surface area contributed by atoms with Crippen LogP contribution in [0.2, 0.25) is 0 Å². The van der Waals surface area contributed by atoms with E-state index >= 15 is 0 Å². The van der Waals surface area contributed by atoms with E-state index in [2.05, 4.69) is 43.0 Å². The molecule has 2 unspecified atom stereocenters. The Morgan fingerprint density at radius 3 is 2.12 bits per heavy atom. The van der Waals surface area contributed by atoms with Gasteiger partial charge in [0.25, 0.3) is 0 Å². The lowest BCUT2D eigenvalue weighted by atomic mass is 9.71. The molecule has 2 fully saturated rings. The lowest BCUT2D eigenvalue weighted by molar-refractivity contribution is -0.138. The standard InChI is InChI=1S/C20H29N3O2/c1-16(24)21(4)11-18(25)23-14-19(2)12-22(13-20(19,3)15-23)10-17-8-6-5-7-9-17/h5-9H,10-15H2,1-4H3. The lowest BCUT2D eigenvalue weighted by Gasteiger charge is -2.30. The van der Waals surface area contributed by atoms with Gasteiger partial charge in [0, 0.05) is 57.5 Å². The Balaban J connectivity index is 1.64. The second-order valence-corrected chi connectivity index (χ2v) is 8.38. The number of carbonyl (C=O) groups is 2. The van der Waals surface area contributed by atoms with Crippen LogP contribution in [-0.4, -0.2) is 66.3 Å². The van der Waals surface area contributed by atoms with Crippen molar-refractivity contribution in [1.29, 1.82) is 0 Å². The Morgan fingerprint density at radius 1 is 1.04 bits per heavy atom. The van der Waals surface area contributed by atoms with Gasteiger partial charge in [-0.2, -0.15) is 0 Å². The molecule has 0 bridgehead atoms. The van der Waals surface area contributed by atoms with E-state index in [0.29, 0.717) is 0 Å². The number of likely N-dealkylation sites (N-methyl/N-ethyl adjacent to an activating group) is 1. The monoisotopic (exact) mass is 343 g/mol. The highest BCUT2D eigenvalue weighted by atomic mass is 16.2. The highest BCUT2D eigenvalue weighted by Gasteiger charge is 2.58.